The highest BCUT2D eigenvalue weighted by Crippen LogP contribution is 2.64. The fourth-order valence-corrected chi connectivity index (χ4v) is 8.93. The number of hydrogen-bond acceptors (Lipinski definition) is 6. The van der Waals surface area contributed by atoms with Gasteiger partial charge in [-0.3, -0.25) is 14.5 Å². The second kappa shape index (κ2) is 8.20. The third-order valence-corrected chi connectivity index (χ3v) is 10.3. The number of amides is 1. The maximum atomic E-state index is 13.8. The molecule has 1 aliphatic heterocycles. The van der Waals surface area contributed by atoms with E-state index in [1.807, 2.05) is 23.9 Å². The van der Waals surface area contributed by atoms with E-state index in [9.17, 15) is 14.9 Å². The van der Waals surface area contributed by atoms with Crippen molar-refractivity contribution in [3.63, 3.8) is 0 Å². The number of hydrogen-bond donors (Lipinski definition) is 1. The molecule has 2 N–H and O–H groups in total. The Labute approximate surface area is 204 Å². The van der Waals surface area contributed by atoms with Crippen LogP contribution in [0.2, 0.25) is 0 Å². The molecule has 0 aromatic heterocycles. The topological polar surface area (TPSA) is 99.7 Å². The lowest BCUT2D eigenvalue weighted by molar-refractivity contribution is -0.210. The molecular formula is C27H42N4O3. The fraction of sp³-hybridized carbons (Fsp3) is 0.889. The molecule has 5 aliphatic carbocycles. The van der Waals surface area contributed by atoms with Crippen molar-refractivity contribution in [3.05, 3.63) is 0 Å². The van der Waals surface area contributed by atoms with Crippen LogP contribution >= 0.6 is 0 Å². The molecule has 0 aromatic carbocycles. The van der Waals surface area contributed by atoms with Crippen LogP contribution in [0, 0.1) is 46.3 Å². The molecule has 9 unspecified atom stereocenters. The van der Waals surface area contributed by atoms with E-state index < -0.39 is 11.6 Å². The number of carbonyl (C=O) groups is 2. The molecule has 7 nitrogen and oxygen atoms in total. The predicted octanol–water partition coefficient (Wildman–Crippen LogP) is 2.93. The van der Waals surface area contributed by atoms with Gasteiger partial charge in [0.25, 0.3) is 0 Å². The fourth-order valence-electron chi connectivity index (χ4n) is 8.93. The van der Waals surface area contributed by atoms with Crippen LogP contribution in [-0.2, 0) is 14.3 Å². The Morgan fingerprint density at radius 3 is 2.41 bits per heavy atom. The quantitative estimate of drug-likeness (QED) is 0.574. The number of esters is 1. The average Bonchev–Trinajstić information content (AvgIpc) is 3.20. The molecule has 7 heteroatoms. The predicted molar refractivity (Wildman–Crippen MR) is 128 cm³/mol. The monoisotopic (exact) mass is 470 g/mol. The zero-order valence-corrected chi connectivity index (χ0v) is 21.5. The van der Waals surface area contributed by atoms with Gasteiger partial charge in [0.05, 0.1) is 12.1 Å². The number of likely N-dealkylation sites (N-methyl/N-ethyl adjacent to an activating group) is 1. The van der Waals surface area contributed by atoms with Gasteiger partial charge < -0.3 is 15.4 Å². The normalized spacial score (nSPS) is 44.4. The van der Waals surface area contributed by atoms with Gasteiger partial charge in [-0.25, -0.2) is 0 Å². The molecular weight excluding hydrogens is 428 g/mol. The van der Waals surface area contributed by atoms with Gasteiger partial charge in [0.1, 0.15) is 17.7 Å². The molecule has 1 amide bonds. The summed E-state index contributed by atoms with van der Waals surface area (Å²) in [6.45, 7) is 6.39. The van der Waals surface area contributed by atoms with E-state index in [0.29, 0.717) is 30.1 Å². The molecule has 34 heavy (non-hydrogen) atoms. The molecule has 9 atom stereocenters. The third kappa shape index (κ3) is 3.59. The van der Waals surface area contributed by atoms with Crippen molar-refractivity contribution >= 4 is 11.9 Å². The Morgan fingerprint density at radius 2 is 1.85 bits per heavy atom. The molecule has 6 rings (SSSR count). The molecule has 6 fully saturated rings. The van der Waals surface area contributed by atoms with Gasteiger partial charge in [0, 0.05) is 6.04 Å². The summed E-state index contributed by atoms with van der Waals surface area (Å²) in [6, 6.07) is 1.30. The molecule has 1 saturated heterocycles. The molecule has 188 valence electrons. The lowest BCUT2D eigenvalue weighted by atomic mass is 9.46. The van der Waals surface area contributed by atoms with Crippen LogP contribution in [0.1, 0.15) is 72.1 Å². The van der Waals surface area contributed by atoms with Crippen molar-refractivity contribution in [3.8, 4) is 6.07 Å². The smallest absolute Gasteiger partial charge is 0.324 e. The molecule has 0 radical (unpaired) electrons. The van der Waals surface area contributed by atoms with Crippen LogP contribution in [-0.4, -0.2) is 65.5 Å². The third-order valence-electron chi connectivity index (χ3n) is 10.3. The minimum Gasteiger partial charge on any atom is -0.458 e. The van der Waals surface area contributed by atoms with Crippen LogP contribution in [0.4, 0.5) is 0 Å². The zero-order valence-electron chi connectivity index (χ0n) is 21.5. The maximum absolute atomic E-state index is 13.8. The molecule has 6 aliphatic rings. The zero-order chi connectivity index (χ0) is 24.6. The molecule has 0 spiro atoms. The van der Waals surface area contributed by atoms with E-state index in [1.54, 1.807) is 0 Å². The van der Waals surface area contributed by atoms with Gasteiger partial charge in [-0.1, -0.05) is 27.2 Å². The van der Waals surface area contributed by atoms with Gasteiger partial charge in [0.2, 0.25) is 5.91 Å². The van der Waals surface area contributed by atoms with Gasteiger partial charge >= 0.3 is 5.97 Å². The minimum atomic E-state index is -0.627. The van der Waals surface area contributed by atoms with Crippen LogP contribution in [0.5, 0.6) is 0 Å². The van der Waals surface area contributed by atoms with Crippen LogP contribution in [0.25, 0.3) is 0 Å². The Balaban J connectivity index is 1.38. The van der Waals surface area contributed by atoms with Gasteiger partial charge in [-0.15, -0.1) is 0 Å². The number of piperidine rings is 1. The van der Waals surface area contributed by atoms with E-state index >= 15 is 0 Å². The second-order valence-corrected chi connectivity index (χ2v) is 12.8. The van der Waals surface area contributed by atoms with Crippen LogP contribution in [0.3, 0.4) is 0 Å². The SMILES string of the molecule is CCC(C)C(C(=O)OC12CC3CC(C1)CC(C(N)C(=O)N1C(C#N)CC4C(C)C41)(C3)C2)N(C)C. The van der Waals surface area contributed by atoms with Gasteiger partial charge in [-0.05, 0) is 94.0 Å². The van der Waals surface area contributed by atoms with Crippen molar-refractivity contribution in [2.24, 2.45) is 40.7 Å². The van der Waals surface area contributed by atoms with E-state index in [1.165, 1.54) is 0 Å². The number of ether oxygens (including phenoxy) is 1. The largest absolute Gasteiger partial charge is 0.458 e. The Kier molecular flexibility index (Phi) is 5.80. The highest BCUT2D eigenvalue weighted by Gasteiger charge is 2.65. The Morgan fingerprint density at radius 1 is 1.21 bits per heavy atom. The van der Waals surface area contributed by atoms with Gasteiger partial charge in [-0.2, -0.15) is 5.26 Å². The summed E-state index contributed by atoms with van der Waals surface area (Å²) in [5.41, 5.74) is 6.02. The number of nitriles is 1. The summed E-state index contributed by atoms with van der Waals surface area (Å²) in [4.78, 5) is 31.1. The molecule has 0 aromatic rings. The molecule has 1 heterocycles. The minimum absolute atomic E-state index is 0.0439. The summed E-state index contributed by atoms with van der Waals surface area (Å²) in [6.07, 6.45) is 7.19. The summed E-state index contributed by atoms with van der Waals surface area (Å²) in [5, 5.41) is 9.68. The lowest BCUT2D eigenvalue weighted by Gasteiger charge is -2.62. The first-order valence-corrected chi connectivity index (χ1v) is 13.4. The van der Waals surface area contributed by atoms with E-state index in [2.05, 4.69) is 26.8 Å². The number of nitrogens with zero attached hydrogens (tertiary/aromatic N) is 3. The van der Waals surface area contributed by atoms with Gasteiger partial charge in [0.15, 0.2) is 0 Å². The second-order valence-electron chi connectivity index (χ2n) is 12.8. The number of nitrogens with two attached hydrogens (primary N) is 1. The first-order valence-electron chi connectivity index (χ1n) is 13.4. The summed E-state index contributed by atoms with van der Waals surface area (Å²) in [5.74, 6) is 1.86. The van der Waals surface area contributed by atoms with E-state index in [0.717, 1.165) is 44.9 Å². The highest BCUT2D eigenvalue weighted by molar-refractivity contribution is 5.85. The summed E-state index contributed by atoms with van der Waals surface area (Å²) in [7, 11) is 3.89. The van der Waals surface area contributed by atoms with Crippen molar-refractivity contribution in [1.29, 1.82) is 5.26 Å². The highest BCUT2D eigenvalue weighted by atomic mass is 16.6. The van der Waals surface area contributed by atoms with Crippen LogP contribution in [0.15, 0.2) is 0 Å². The number of rotatable bonds is 7. The Hall–Kier alpha value is -1.65. The number of carbonyl (C=O) groups excluding carboxylic acids is 2. The molecule has 5 saturated carbocycles. The summed E-state index contributed by atoms with van der Waals surface area (Å²) < 4.78 is 6.45. The van der Waals surface area contributed by atoms with Crippen molar-refractivity contribution < 1.29 is 14.3 Å². The number of fused-ring (bicyclic) bond motifs is 1. The average molecular weight is 471 g/mol. The van der Waals surface area contributed by atoms with Crippen molar-refractivity contribution in [2.45, 2.75) is 102 Å². The standard InChI is InChI=1S/C27H42N4O3/c1-6-15(2)21(30(4)5)25(33)34-27-11-17-7-18(12-27)10-26(9-17,14-27)23(29)24(32)31-19(13-28)8-20-16(3)22(20)31/h15-23H,6-12,14,29H2,1-5H3. The lowest BCUT2D eigenvalue weighted by Crippen LogP contribution is -2.66. The summed E-state index contributed by atoms with van der Waals surface area (Å²) >= 11 is 0. The molecule has 4 bridgehead atoms. The van der Waals surface area contributed by atoms with Crippen molar-refractivity contribution in [2.75, 3.05) is 14.1 Å². The number of likely N-dealkylation sites (tertiary alicyclic amines) is 1. The first-order chi connectivity index (χ1) is 16.0. The van der Waals surface area contributed by atoms with Crippen molar-refractivity contribution in [1.82, 2.24) is 9.80 Å². The van der Waals surface area contributed by atoms with Crippen LogP contribution < -0.4 is 5.73 Å². The maximum Gasteiger partial charge on any atom is 0.324 e. The van der Waals surface area contributed by atoms with E-state index in [4.69, 9.17) is 10.5 Å². The van der Waals surface area contributed by atoms with E-state index in [-0.39, 0.29) is 41.3 Å². The first kappa shape index (κ1) is 24.1. The Bertz CT molecular complexity index is 883.